The first-order valence-electron chi connectivity index (χ1n) is 6.42. The Bertz CT molecular complexity index is 567. The summed E-state index contributed by atoms with van der Waals surface area (Å²) in [5.41, 5.74) is 4.16. The van der Waals surface area contributed by atoms with Gasteiger partial charge in [-0.3, -0.25) is 9.48 Å². The van der Waals surface area contributed by atoms with Crippen LogP contribution in [-0.2, 0) is 11.3 Å². The molecule has 1 aromatic carbocycles. The highest BCUT2D eigenvalue weighted by molar-refractivity contribution is 5.92. The highest BCUT2D eigenvalue weighted by Crippen LogP contribution is 2.19. The van der Waals surface area contributed by atoms with E-state index < -0.39 is 0 Å². The summed E-state index contributed by atoms with van der Waals surface area (Å²) < 4.78 is 1.84. The van der Waals surface area contributed by atoms with Crippen LogP contribution in [0.1, 0.15) is 23.2 Å². The van der Waals surface area contributed by atoms with Gasteiger partial charge in [-0.2, -0.15) is 5.10 Å². The van der Waals surface area contributed by atoms with Gasteiger partial charge in [-0.25, -0.2) is 0 Å². The summed E-state index contributed by atoms with van der Waals surface area (Å²) in [6.45, 7) is 6.59. The smallest absolute Gasteiger partial charge is 0.226 e. The highest BCUT2D eigenvalue weighted by Gasteiger charge is 2.08. The monoisotopic (exact) mass is 257 g/mol. The summed E-state index contributed by atoms with van der Waals surface area (Å²) in [5, 5.41) is 7.15. The van der Waals surface area contributed by atoms with Gasteiger partial charge in [0, 0.05) is 30.5 Å². The van der Waals surface area contributed by atoms with Crippen LogP contribution in [0.25, 0.3) is 0 Å². The number of carbonyl (C=O) groups excluding carboxylic acids is 1. The molecule has 100 valence electrons. The zero-order valence-electron chi connectivity index (χ0n) is 11.6. The van der Waals surface area contributed by atoms with Crippen LogP contribution < -0.4 is 5.32 Å². The molecule has 1 heterocycles. The minimum Gasteiger partial charge on any atom is -0.326 e. The number of nitrogens with one attached hydrogen (secondary N) is 1. The Labute approximate surface area is 113 Å². The number of aromatic nitrogens is 2. The first-order valence-corrected chi connectivity index (χ1v) is 6.42. The van der Waals surface area contributed by atoms with Gasteiger partial charge in [0.15, 0.2) is 0 Å². The second-order valence-electron chi connectivity index (χ2n) is 4.76. The van der Waals surface area contributed by atoms with E-state index in [0.717, 1.165) is 22.5 Å². The Morgan fingerprint density at radius 3 is 2.47 bits per heavy atom. The standard InChI is InChI=1S/C15H19N3O/c1-11-5-4-6-12(2)15(11)17-14(19)8-10-18-13(3)7-9-16-18/h4-7,9H,8,10H2,1-3H3,(H,17,19). The molecule has 0 aliphatic rings. The highest BCUT2D eigenvalue weighted by atomic mass is 16.1. The van der Waals surface area contributed by atoms with Gasteiger partial charge in [-0.05, 0) is 38.0 Å². The Hall–Kier alpha value is -2.10. The molecule has 1 N–H and O–H groups in total. The van der Waals surface area contributed by atoms with Crippen molar-refractivity contribution in [2.45, 2.75) is 33.7 Å². The number of aryl methyl sites for hydroxylation is 4. The van der Waals surface area contributed by atoms with Gasteiger partial charge in [-0.1, -0.05) is 18.2 Å². The summed E-state index contributed by atoms with van der Waals surface area (Å²) in [4.78, 5) is 12.0. The predicted molar refractivity (Wildman–Crippen MR) is 76.1 cm³/mol. The van der Waals surface area contributed by atoms with Gasteiger partial charge in [0.2, 0.25) is 5.91 Å². The van der Waals surface area contributed by atoms with Gasteiger partial charge < -0.3 is 5.32 Å². The molecule has 1 amide bonds. The molecule has 0 spiro atoms. The number of anilines is 1. The predicted octanol–water partition coefficient (Wildman–Crippen LogP) is 2.84. The van der Waals surface area contributed by atoms with Gasteiger partial charge >= 0.3 is 0 Å². The summed E-state index contributed by atoms with van der Waals surface area (Å²) in [6, 6.07) is 7.93. The molecule has 0 atom stereocenters. The van der Waals surface area contributed by atoms with Gasteiger partial charge in [0.05, 0.1) is 0 Å². The fraction of sp³-hybridized carbons (Fsp3) is 0.333. The summed E-state index contributed by atoms with van der Waals surface area (Å²) in [5.74, 6) is 0.0206. The molecule has 0 aliphatic carbocycles. The molecule has 0 fully saturated rings. The SMILES string of the molecule is Cc1cccc(C)c1NC(=O)CCn1nccc1C. The molecule has 0 radical (unpaired) electrons. The fourth-order valence-corrected chi connectivity index (χ4v) is 2.05. The number of rotatable bonds is 4. The Kier molecular flexibility index (Phi) is 4.00. The Morgan fingerprint density at radius 2 is 1.89 bits per heavy atom. The lowest BCUT2D eigenvalue weighted by atomic mass is 10.1. The lowest BCUT2D eigenvalue weighted by Crippen LogP contribution is -2.16. The molecule has 0 saturated heterocycles. The van der Waals surface area contributed by atoms with Gasteiger partial charge in [-0.15, -0.1) is 0 Å². The second kappa shape index (κ2) is 5.69. The van der Waals surface area contributed by atoms with Gasteiger partial charge in [0.25, 0.3) is 0 Å². The van der Waals surface area contributed by atoms with Crippen molar-refractivity contribution in [3.63, 3.8) is 0 Å². The summed E-state index contributed by atoms with van der Waals surface area (Å²) in [7, 11) is 0. The number of nitrogens with zero attached hydrogens (tertiary/aromatic N) is 2. The van der Waals surface area contributed by atoms with Crippen molar-refractivity contribution in [3.05, 3.63) is 47.3 Å². The van der Waals surface area contributed by atoms with Crippen molar-refractivity contribution in [2.24, 2.45) is 0 Å². The maximum Gasteiger partial charge on any atom is 0.226 e. The summed E-state index contributed by atoms with van der Waals surface area (Å²) in [6.07, 6.45) is 2.18. The lowest BCUT2D eigenvalue weighted by Gasteiger charge is -2.11. The van der Waals surface area contributed by atoms with E-state index in [9.17, 15) is 4.79 Å². The van der Waals surface area contributed by atoms with E-state index in [4.69, 9.17) is 0 Å². The number of carbonyl (C=O) groups is 1. The molecule has 0 saturated carbocycles. The van der Waals surface area contributed by atoms with Crippen LogP contribution in [0.15, 0.2) is 30.5 Å². The molecular weight excluding hydrogens is 238 g/mol. The van der Waals surface area contributed by atoms with Crippen LogP contribution in [0.3, 0.4) is 0 Å². The fourth-order valence-electron chi connectivity index (χ4n) is 2.05. The normalized spacial score (nSPS) is 10.5. The third kappa shape index (κ3) is 3.22. The molecule has 0 bridgehead atoms. The average molecular weight is 257 g/mol. The first kappa shape index (κ1) is 13.3. The minimum atomic E-state index is 0.0206. The van der Waals surface area contributed by atoms with Crippen molar-refractivity contribution in [1.82, 2.24) is 9.78 Å². The molecule has 4 heteroatoms. The van der Waals surface area contributed by atoms with Crippen molar-refractivity contribution >= 4 is 11.6 Å². The van der Waals surface area contributed by atoms with E-state index in [-0.39, 0.29) is 5.91 Å². The molecule has 0 unspecified atom stereocenters. The van der Waals surface area contributed by atoms with Crippen LogP contribution in [0.5, 0.6) is 0 Å². The molecular formula is C15H19N3O. The Balaban J connectivity index is 1.97. The minimum absolute atomic E-state index is 0.0206. The maximum atomic E-state index is 12.0. The van der Waals surface area contributed by atoms with E-state index in [1.807, 2.05) is 49.7 Å². The van der Waals surface area contributed by atoms with E-state index in [1.165, 1.54) is 0 Å². The third-order valence-corrected chi connectivity index (χ3v) is 3.23. The van der Waals surface area contributed by atoms with E-state index in [0.29, 0.717) is 13.0 Å². The molecule has 0 aliphatic heterocycles. The van der Waals surface area contributed by atoms with Crippen LogP contribution in [-0.4, -0.2) is 15.7 Å². The van der Waals surface area contributed by atoms with E-state index in [1.54, 1.807) is 6.20 Å². The van der Waals surface area contributed by atoms with E-state index in [2.05, 4.69) is 10.4 Å². The second-order valence-corrected chi connectivity index (χ2v) is 4.76. The van der Waals surface area contributed by atoms with Crippen LogP contribution in [0, 0.1) is 20.8 Å². The molecule has 4 nitrogen and oxygen atoms in total. The number of hydrogen-bond donors (Lipinski definition) is 1. The van der Waals surface area contributed by atoms with Gasteiger partial charge in [0.1, 0.15) is 0 Å². The number of benzene rings is 1. The molecule has 1 aromatic heterocycles. The zero-order chi connectivity index (χ0) is 13.8. The van der Waals surface area contributed by atoms with Crippen LogP contribution in [0.4, 0.5) is 5.69 Å². The van der Waals surface area contributed by atoms with Crippen LogP contribution >= 0.6 is 0 Å². The maximum absolute atomic E-state index is 12.0. The number of amides is 1. The van der Waals surface area contributed by atoms with Crippen molar-refractivity contribution in [1.29, 1.82) is 0 Å². The number of para-hydroxylation sites is 1. The van der Waals surface area contributed by atoms with Crippen LogP contribution in [0.2, 0.25) is 0 Å². The Morgan fingerprint density at radius 1 is 1.21 bits per heavy atom. The largest absolute Gasteiger partial charge is 0.326 e. The molecule has 2 rings (SSSR count). The number of hydrogen-bond acceptors (Lipinski definition) is 2. The first-order chi connectivity index (χ1) is 9.08. The molecule has 19 heavy (non-hydrogen) atoms. The van der Waals surface area contributed by atoms with Crippen molar-refractivity contribution in [3.8, 4) is 0 Å². The quantitative estimate of drug-likeness (QED) is 0.915. The third-order valence-electron chi connectivity index (χ3n) is 3.23. The van der Waals surface area contributed by atoms with Crippen molar-refractivity contribution in [2.75, 3.05) is 5.32 Å². The molecule has 2 aromatic rings. The average Bonchev–Trinajstić information content (AvgIpc) is 2.77. The topological polar surface area (TPSA) is 46.9 Å². The van der Waals surface area contributed by atoms with Crippen molar-refractivity contribution < 1.29 is 4.79 Å². The van der Waals surface area contributed by atoms with E-state index >= 15 is 0 Å². The summed E-state index contributed by atoms with van der Waals surface area (Å²) >= 11 is 0. The lowest BCUT2D eigenvalue weighted by molar-refractivity contribution is -0.116. The zero-order valence-corrected chi connectivity index (χ0v) is 11.6.